The predicted octanol–water partition coefficient (Wildman–Crippen LogP) is 16.1. The Morgan fingerprint density at radius 1 is 0.354 bits per heavy atom. The van der Waals surface area contributed by atoms with Gasteiger partial charge in [-0.25, -0.2) is 4.98 Å². The number of hydrogen-bond acceptors (Lipinski definition) is 2. The van der Waals surface area contributed by atoms with E-state index in [1.165, 1.54) is 60.7 Å². The Balaban J connectivity index is 1.08. The quantitative estimate of drug-likeness (QED) is 0.166. The number of nitrogens with zero attached hydrogens (tertiary/aromatic N) is 2. The number of fused-ring (bicyclic) bond motifs is 19. The molecule has 0 radical (unpaired) electrons. The van der Waals surface area contributed by atoms with Gasteiger partial charge in [-0.15, -0.1) is 0 Å². The summed E-state index contributed by atoms with van der Waals surface area (Å²) in [7, 11) is 0. The van der Waals surface area contributed by atoms with Gasteiger partial charge in [0.1, 0.15) is 11.2 Å². The second-order valence-electron chi connectivity index (χ2n) is 17.7. The number of para-hydroxylation sites is 5. The first-order valence-electron chi connectivity index (χ1n) is 22.4. The summed E-state index contributed by atoms with van der Waals surface area (Å²) < 4.78 is 9.18. The maximum Gasteiger partial charge on any atom is 0.143 e. The average Bonchev–Trinajstić information content (AvgIpc) is 4.09. The second-order valence-corrected chi connectivity index (χ2v) is 17.7. The maximum atomic E-state index is 6.75. The Hall–Kier alpha value is -8.53. The first-order valence-corrected chi connectivity index (χ1v) is 22.4. The van der Waals surface area contributed by atoms with Crippen LogP contribution in [-0.2, 0) is 5.41 Å². The van der Waals surface area contributed by atoms with E-state index in [1.54, 1.807) is 0 Å². The van der Waals surface area contributed by atoms with E-state index in [9.17, 15) is 0 Å². The molecule has 10 aromatic carbocycles. The lowest BCUT2D eigenvalue weighted by molar-refractivity contribution is 0.670. The molecule has 0 N–H and O–H groups in total. The number of aromatic nitrogens is 2. The highest BCUT2D eigenvalue weighted by molar-refractivity contribution is 6.15. The first kappa shape index (κ1) is 35.0. The van der Waals surface area contributed by atoms with Gasteiger partial charge in [0.15, 0.2) is 0 Å². The normalized spacial score (nSPS) is 13.4. The molecule has 0 bridgehead atoms. The third-order valence-corrected chi connectivity index (χ3v) is 14.6. The monoisotopic (exact) mass is 824 g/mol. The van der Waals surface area contributed by atoms with E-state index in [-0.39, 0.29) is 0 Å². The summed E-state index contributed by atoms with van der Waals surface area (Å²) >= 11 is 0. The Morgan fingerprint density at radius 2 is 0.892 bits per heavy atom. The van der Waals surface area contributed by atoms with Crippen molar-refractivity contribution in [2.45, 2.75) is 5.41 Å². The zero-order chi connectivity index (χ0) is 42.4. The predicted molar refractivity (Wildman–Crippen MR) is 268 cm³/mol. The Labute approximate surface area is 374 Å². The van der Waals surface area contributed by atoms with Crippen LogP contribution in [-0.4, -0.2) is 9.55 Å². The molecule has 3 aromatic heterocycles. The van der Waals surface area contributed by atoms with E-state index in [4.69, 9.17) is 9.40 Å². The molecule has 0 aliphatic heterocycles. The number of furan rings is 1. The van der Waals surface area contributed by atoms with Crippen molar-refractivity contribution in [3.63, 3.8) is 0 Å². The zero-order valence-electron chi connectivity index (χ0n) is 35.1. The summed E-state index contributed by atoms with van der Waals surface area (Å²) in [6.07, 6.45) is 0. The topological polar surface area (TPSA) is 31.0 Å². The first-order chi connectivity index (χ1) is 32.2. The average molecular weight is 825 g/mol. The smallest absolute Gasteiger partial charge is 0.143 e. The molecule has 1 spiro atoms. The van der Waals surface area contributed by atoms with Crippen LogP contribution in [0.25, 0.3) is 116 Å². The van der Waals surface area contributed by atoms with Crippen molar-refractivity contribution in [3.05, 3.63) is 241 Å². The van der Waals surface area contributed by atoms with Gasteiger partial charge in [0.25, 0.3) is 0 Å². The van der Waals surface area contributed by atoms with Gasteiger partial charge in [-0.1, -0.05) is 164 Å². The van der Waals surface area contributed by atoms with Crippen LogP contribution in [0.3, 0.4) is 0 Å². The summed E-state index contributed by atoms with van der Waals surface area (Å²) in [5.41, 5.74) is 20.2. The molecular weight excluding hydrogens is 789 g/mol. The molecule has 3 nitrogen and oxygen atoms in total. The molecule has 0 unspecified atom stereocenters. The van der Waals surface area contributed by atoms with Crippen molar-refractivity contribution >= 4 is 65.4 Å². The van der Waals surface area contributed by atoms with Crippen molar-refractivity contribution < 1.29 is 4.42 Å². The minimum atomic E-state index is -0.483. The molecule has 3 heterocycles. The molecule has 2 aliphatic carbocycles. The van der Waals surface area contributed by atoms with Crippen LogP contribution in [0.5, 0.6) is 0 Å². The molecule has 0 fully saturated rings. The fourth-order valence-electron chi connectivity index (χ4n) is 12.0. The molecule has 65 heavy (non-hydrogen) atoms. The third-order valence-electron chi connectivity index (χ3n) is 14.6. The largest absolute Gasteiger partial charge is 0.455 e. The summed E-state index contributed by atoms with van der Waals surface area (Å²) in [4.78, 5) is 5.70. The Kier molecular flexibility index (Phi) is 6.88. The van der Waals surface area contributed by atoms with Crippen LogP contribution in [0, 0.1) is 0 Å². The minimum absolute atomic E-state index is 0.483. The van der Waals surface area contributed by atoms with E-state index in [0.29, 0.717) is 0 Å². The van der Waals surface area contributed by atoms with Crippen LogP contribution in [0.1, 0.15) is 22.3 Å². The third kappa shape index (κ3) is 4.56. The molecule has 3 heteroatoms. The van der Waals surface area contributed by atoms with E-state index in [2.05, 4.69) is 217 Å². The minimum Gasteiger partial charge on any atom is -0.455 e. The molecule has 2 aliphatic rings. The standard InChI is InChI=1S/C62H36N2O/c1-8-25-52-41(16-1)42-17-2-9-26-53(42)62(52)54-27-10-3-18-43(54)50-35-49-44-19-4-11-28-56(44)63-60(51(49)36-55(50)62)38-32-37(40-23-15-24-48-47-22-7-14-31-59(47)65-61(40)48)33-39(34-38)64-57-29-12-5-20-45(57)46-21-6-13-30-58(46)64/h1-36H. The van der Waals surface area contributed by atoms with Gasteiger partial charge in [0.2, 0.25) is 0 Å². The van der Waals surface area contributed by atoms with Crippen LogP contribution in [0.4, 0.5) is 0 Å². The van der Waals surface area contributed by atoms with Crippen LogP contribution in [0.15, 0.2) is 223 Å². The van der Waals surface area contributed by atoms with Crippen molar-refractivity contribution in [2.24, 2.45) is 0 Å². The lowest BCUT2D eigenvalue weighted by atomic mass is 9.70. The molecule has 13 aromatic rings. The summed E-state index contributed by atoms with van der Waals surface area (Å²) in [6, 6.07) is 80.2. The molecule has 0 saturated heterocycles. The van der Waals surface area contributed by atoms with Crippen LogP contribution >= 0.6 is 0 Å². The molecule has 0 amide bonds. The highest BCUT2D eigenvalue weighted by Crippen LogP contribution is 2.63. The van der Waals surface area contributed by atoms with Gasteiger partial charge < -0.3 is 8.98 Å². The van der Waals surface area contributed by atoms with Crippen LogP contribution < -0.4 is 0 Å². The number of rotatable bonds is 3. The molecule has 0 atom stereocenters. The van der Waals surface area contributed by atoms with E-state index < -0.39 is 5.41 Å². The number of hydrogen-bond donors (Lipinski definition) is 0. The second kappa shape index (κ2) is 12.8. The van der Waals surface area contributed by atoms with Gasteiger partial charge in [-0.05, 0) is 110 Å². The number of pyridine rings is 1. The lowest BCUT2D eigenvalue weighted by Crippen LogP contribution is -2.25. The molecule has 300 valence electrons. The van der Waals surface area contributed by atoms with Crippen molar-refractivity contribution in [2.75, 3.05) is 0 Å². The summed E-state index contributed by atoms with van der Waals surface area (Å²) in [5, 5.41) is 8.13. The van der Waals surface area contributed by atoms with Crippen LogP contribution in [0.2, 0.25) is 0 Å². The molecule has 0 saturated carbocycles. The Morgan fingerprint density at radius 3 is 1.60 bits per heavy atom. The zero-order valence-corrected chi connectivity index (χ0v) is 35.1. The van der Waals surface area contributed by atoms with Gasteiger partial charge in [-0.2, -0.15) is 0 Å². The van der Waals surface area contributed by atoms with E-state index in [1.807, 2.05) is 6.07 Å². The fraction of sp³-hybridized carbons (Fsp3) is 0.0161. The van der Waals surface area contributed by atoms with Crippen molar-refractivity contribution in [1.29, 1.82) is 0 Å². The van der Waals surface area contributed by atoms with E-state index >= 15 is 0 Å². The number of benzene rings is 10. The van der Waals surface area contributed by atoms with Gasteiger partial charge in [0, 0.05) is 49.1 Å². The van der Waals surface area contributed by atoms with Crippen molar-refractivity contribution in [3.8, 4) is 50.3 Å². The highest BCUT2D eigenvalue weighted by atomic mass is 16.3. The Bertz CT molecular complexity index is 4100. The fourth-order valence-corrected chi connectivity index (χ4v) is 12.0. The summed E-state index contributed by atoms with van der Waals surface area (Å²) in [6.45, 7) is 0. The van der Waals surface area contributed by atoms with E-state index in [0.717, 1.165) is 77.3 Å². The maximum absolute atomic E-state index is 6.75. The lowest BCUT2D eigenvalue weighted by Gasteiger charge is -2.30. The van der Waals surface area contributed by atoms with Gasteiger partial charge in [-0.3, -0.25) is 0 Å². The highest BCUT2D eigenvalue weighted by Gasteiger charge is 2.51. The molecule has 15 rings (SSSR count). The van der Waals surface area contributed by atoms with Gasteiger partial charge >= 0.3 is 0 Å². The SMILES string of the molecule is c1ccc2c(c1)-c1ccccc1C21c2ccccc2-c2cc3c(cc21)c(-c1cc(-c2cccc4c2oc2ccccc24)cc(-n2c4ccccc4c4ccccc42)c1)nc1ccccc13. The molecular formula is C62H36N2O. The van der Waals surface area contributed by atoms with Crippen molar-refractivity contribution in [1.82, 2.24) is 9.55 Å². The van der Waals surface area contributed by atoms with Gasteiger partial charge in [0.05, 0.1) is 27.7 Å². The summed E-state index contributed by atoms with van der Waals surface area (Å²) in [5.74, 6) is 0.